The largest absolute Gasteiger partial charge is 0.465 e. The maximum Gasteiger partial charge on any atom is 0.312 e. The van der Waals surface area contributed by atoms with Gasteiger partial charge >= 0.3 is 5.97 Å². The molecule has 4 rings (SSSR count). The Morgan fingerprint density at radius 1 is 1.38 bits per heavy atom. The fourth-order valence-corrected chi connectivity index (χ4v) is 6.64. The number of aliphatic hydroxyl groups is 1. The molecule has 3 aliphatic rings. The van der Waals surface area contributed by atoms with E-state index >= 15 is 0 Å². The van der Waals surface area contributed by atoms with Crippen LogP contribution in [0, 0.1) is 18.8 Å². The van der Waals surface area contributed by atoms with Gasteiger partial charge in [0.25, 0.3) is 5.91 Å². The van der Waals surface area contributed by atoms with Crippen molar-refractivity contribution < 1.29 is 29.0 Å². The molecule has 2 bridgehead atoms. The van der Waals surface area contributed by atoms with Crippen molar-refractivity contribution in [2.75, 3.05) is 24.7 Å². The Labute approximate surface area is 222 Å². The van der Waals surface area contributed by atoms with Crippen molar-refractivity contribution in [1.29, 1.82) is 0 Å². The zero-order chi connectivity index (χ0) is 26.9. The second-order valence-electron chi connectivity index (χ2n) is 9.93. The number of aryl methyl sites for hydroxylation is 1. The van der Waals surface area contributed by atoms with Crippen LogP contribution in [0.1, 0.15) is 38.2 Å². The first-order valence-electron chi connectivity index (χ1n) is 12.8. The predicted molar refractivity (Wildman–Crippen MR) is 140 cm³/mol. The van der Waals surface area contributed by atoms with Gasteiger partial charge in [0, 0.05) is 6.54 Å². The minimum absolute atomic E-state index is 0.162. The molecule has 2 amide bonds. The summed E-state index contributed by atoms with van der Waals surface area (Å²) in [6.07, 6.45) is 4.66. The molecular formula is C28H35ClN2O6. The SMILES string of the molecule is C=CCCOC(=O)[C@@H]1[C@@H]2CCC3(O2)C(C(=O)N(CC=C)c2c(C)cccc2Cl)N([C@@H](CC)CO)C(=O)[C@H]13. The number of ether oxygens (including phenoxy) is 2. The number of hydrogen-bond donors (Lipinski definition) is 1. The first-order valence-corrected chi connectivity index (χ1v) is 13.2. The minimum Gasteiger partial charge on any atom is -0.465 e. The average Bonchev–Trinajstić information content (AvgIpc) is 3.52. The van der Waals surface area contributed by atoms with Gasteiger partial charge < -0.3 is 24.4 Å². The van der Waals surface area contributed by atoms with Crippen molar-refractivity contribution in [3.63, 3.8) is 0 Å². The van der Waals surface area contributed by atoms with E-state index in [4.69, 9.17) is 21.1 Å². The second kappa shape index (κ2) is 11.0. The van der Waals surface area contributed by atoms with Gasteiger partial charge in [-0.15, -0.1) is 13.2 Å². The third-order valence-corrected chi connectivity index (χ3v) is 8.23. The number of rotatable bonds is 11. The van der Waals surface area contributed by atoms with Gasteiger partial charge in [-0.25, -0.2) is 0 Å². The number of carbonyl (C=O) groups is 3. The van der Waals surface area contributed by atoms with Gasteiger partial charge in [0.1, 0.15) is 11.6 Å². The summed E-state index contributed by atoms with van der Waals surface area (Å²) in [6.45, 7) is 11.2. The van der Waals surface area contributed by atoms with Crippen LogP contribution in [0.3, 0.4) is 0 Å². The van der Waals surface area contributed by atoms with Crippen molar-refractivity contribution in [2.24, 2.45) is 11.8 Å². The molecule has 0 aliphatic carbocycles. The molecule has 0 radical (unpaired) electrons. The second-order valence-corrected chi connectivity index (χ2v) is 10.3. The summed E-state index contributed by atoms with van der Waals surface area (Å²) in [6, 6.07) is 3.73. The Hall–Kier alpha value is -2.68. The summed E-state index contributed by atoms with van der Waals surface area (Å²) < 4.78 is 11.9. The monoisotopic (exact) mass is 530 g/mol. The highest BCUT2D eigenvalue weighted by molar-refractivity contribution is 6.34. The molecule has 0 aromatic heterocycles. The van der Waals surface area contributed by atoms with E-state index in [1.807, 2.05) is 19.9 Å². The molecule has 1 spiro atoms. The summed E-state index contributed by atoms with van der Waals surface area (Å²) in [4.78, 5) is 44.7. The molecule has 200 valence electrons. The fraction of sp³-hybridized carbons (Fsp3) is 0.536. The molecule has 3 saturated heterocycles. The molecule has 1 N–H and O–H groups in total. The van der Waals surface area contributed by atoms with Gasteiger partial charge in [-0.3, -0.25) is 14.4 Å². The highest BCUT2D eigenvalue weighted by Crippen LogP contribution is 2.59. The normalized spacial score (nSPS) is 28.6. The molecule has 9 heteroatoms. The summed E-state index contributed by atoms with van der Waals surface area (Å²) in [5.74, 6) is -2.91. The van der Waals surface area contributed by atoms with Crippen LogP contribution in [0.25, 0.3) is 0 Å². The van der Waals surface area contributed by atoms with Crippen LogP contribution in [0.5, 0.6) is 0 Å². The van der Waals surface area contributed by atoms with Crippen molar-refractivity contribution >= 4 is 35.1 Å². The molecule has 3 aliphatic heterocycles. The number of likely N-dealkylation sites (tertiary alicyclic amines) is 1. The van der Waals surface area contributed by atoms with Crippen LogP contribution in [0.15, 0.2) is 43.5 Å². The Balaban J connectivity index is 1.80. The number of carbonyl (C=O) groups excluding carboxylic acids is 3. The van der Waals surface area contributed by atoms with Crippen LogP contribution in [0.4, 0.5) is 5.69 Å². The number of halogens is 1. The number of benzene rings is 1. The van der Waals surface area contributed by atoms with E-state index in [0.29, 0.717) is 36.4 Å². The van der Waals surface area contributed by atoms with Gasteiger partial charge in [-0.2, -0.15) is 0 Å². The predicted octanol–water partition coefficient (Wildman–Crippen LogP) is 3.43. The van der Waals surface area contributed by atoms with Crippen molar-refractivity contribution in [2.45, 2.75) is 63.3 Å². The van der Waals surface area contributed by atoms with E-state index in [-0.39, 0.29) is 31.6 Å². The molecule has 0 saturated carbocycles. The number of anilines is 1. The van der Waals surface area contributed by atoms with Crippen LogP contribution in [-0.2, 0) is 23.9 Å². The third-order valence-electron chi connectivity index (χ3n) is 7.92. The smallest absolute Gasteiger partial charge is 0.312 e. The Morgan fingerprint density at radius 2 is 2.14 bits per heavy atom. The van der Waals surface area contributed by atoms with E-state index in [1.165, 1.54) is 9.80 Å². The summed E-state index contributed by atoms with van der Waals surface area (Å²) in [5, 5.41) is 10.6. The number of hydrogen-bond acceptors (Lipinski definition) is 6. The molecule has 3 fully saturated rings. The lowest BCUT2D eigenvalue weighted by Crippen LogP contribution is -2.59. The number of nitrogens with zero attached hydrogens (tertiary/aromatic N) is 2. The Kier molecular flexibility index (Phi) is 8.11. The van der Waals surface area contributed by atoms with Gasteiger partial charge in [-0.1, -0.05) is 42.8 Å². The number of amides is 2. The lowest BCUT2D eigenvalue weighted by Gasteiger charge is -2.39. The van der Waals surface area contributed by atoms with Crippen LogP contribution in [-0.4, -0.2) is 71.3 Å². The maximum atomic E-state index is 14.5. The number of fused-ring (bicyclic) bond motifs is 1. The Morgan fingerprint density at radius 3 is 2.76 bits per heavy atom. The number of aliphatic hydroxyl groups excluding tert-OH is 1. The van der Waals surface area contributed by atoms with Crippen LogP contribution in [0.2, 0.25) is 5.02 Å². The maximum absolute atomic E-state index is 14.5. The molecule has 8 nitrogen and oxygen atoms in total. The van der Waals surface area contributed by atoms with E-state index in [9.17, 15) is 19.5 Å². The lowest BCUT2D eigenvalue weighted by molar-refractivity contribution is -0.155. The summed E-state index contributed by atoms with van der Waals surface area (Å²) >= 11 is 6.56. The molecule has 1 aromatic rings. The average molecular weight is 531 g/mol. The molecule has 37 heavy (non-hydrogen) atoms. The fourth-order valence-electron chi connectivity index (χ4n) is 6.32. The summed E-state index contributed by atoms with van der Waals surface area (Å²) in [7, 11) is 0. The highest BCUT2D eigenvalue weighted by atomic mass is 35.5. The zero-order valence-electron chi connectivity index (χ0n) is 21.4. The van der Waals surface area contributed by atoms with Crippen LogP contribution >= 0.6 is 11.6 Å². The van der Waals surface area contributed by atoms with Gasteiger partial charge in [0.2, 0.25) is 5.91 Å². The Bertz CT molecular complexity index is 1070. The van der Waals surface area contributed by atoms with Gasteiger partial charge in [0.05, 0.1) is 47.9 Å². The first-order chi connectivity index (χ1) is 17.8. The van der Waals surface area contributed by atoms with E-state index in [1.54, 1.807) is 24.3 Å². The van der Waals surface area contributed by atoms with Gasteiger partial charge in [-0.05, 0) is 44.2 Å². The third kappa shape index (κ3) is 4.39. The number of para-hydroxylation sites is 1. The van der Waals surface area contributed by atoms with Crippen molar-refractivity contribution in [3.05, 3.63) is 54.1 Å². The molecule has 3 heterocycles. The summed E-state index contributed by atoms with van der Waals surface area (Å²) in [5.41, 5.74) is 0.131. The minimum atomic E-state index is -1.20. The molecule has 6 atom stereocenters. The molecule has 1 aromatic carbocycles. The van der Waals surface area contributed by atoms with E-state index in [2.05, 4.69) is 13.2 Å². The first kappa shape index (κ1) is 27.4. The highest BCUT2D eigenvalue weighted by Gasteiger charge is 2.75. The quantitative estimate of drug-likeness (QED) is 0.267. The van der Waals surface area contributed by atoms with Crippen molar-refractivity contribution in [1.82, 2.24) is 4.90 Å². The zero-order valence-corrected chi connectivity index (χ0v) is 22.2. The lowest BCUT2D eigenvalue weighted by atomic mass is 9.70. The standard InChI is InChI=1S/C28H35ClN2O6/c1-5-8-15-36-27(35)21-20-12-13-28(37-20)22(21)25(33)31(18(7-3)16-32)24(28)26(34)30(14-6-2)23-17(4)10-9-11-19(23)29/h5-6,9-11,18,20-22,24,32H,1-2,7-8,12-16H2,3-4H3/t18-,20-,21+,22-,24?,28?/m0/s1. The van der Waals surface area contributed by atoms with Crippen LogP contribution < -0.4 is 4.90 Å². The number of esters is 1. The topological polar surface area (TPSA) is 96.4 Å². The van der Waals surface area contributed by atoms with E-state index in [0.717, 1.165) is 5.56 Å². The molecule has 2 unspecified atom stereocenters. The molecular weight excluding hydrogens is 496 g/mol. The van der Waals surface area contributed by atoms with Crippen molar-refractivity contribution in [3.8, 4) is 0 Å². The van der Waals surface area contributed by atoms with Gasteiger partial charge in [0.15, 0.2) is 0 Å². The van der Waals surface area contributed by atoms with E-state index < -0.39 is 41.6 Å².